The molecule has 2 heterocycles. The number of hydrogen-bond donors (Lipinski definition) is 2. The highest BCUT2D eigenvalue weighted by Gasteiger charge is 2.33. The Bertz CT molecular complexity index is 1090. The van der Waals surface area contributed by atoms with Gasteiger partial charge in [-0.3, -0.25) is 9.59 Å². The third-order valence-electron chi connectivity index (χ3n) is 5.64. The summed E-state index contributed by atoms with van der Waals surface area (Å²) >= 11 is 1.39. The van der Waals surface area contributed by atoms with Crippen LogP contribution in [0.4, 0.5) is 9.39 Å². The van der Waals surface area contributed by atoms with Crippen molar-refractivity contribution in [2.75, 3.05) is 16.8 Å². The minimum atomic E-state index is -3.12. The van der Waals surface area contributed by atoms with Crippen molar-refractivity contribution in [3.63, 3.8) is 0 Å². The van der Waals surface area contributed by atoms with E-state index < -0.39 is 27.6 Å². The lowest BCUT2D eigenvalue weighted by molar-refractivity contribution is 0.0941. The second-order valence-electron chi connectivity index (χ2n) is 8.09. The summed E-state index contributed by atoms with van der Waals surface area (Å²) in [5.41, 5.74) is 1.66. The maximum Gasteiger partial charge on any atom is 0.256 e. The van der Waals surface area contributed by atoms with Crippen molar-refractivity contribution in [1.82, 2.24) is 5.32 Å². The van der Waals surface area contributed by atoms with Gasteiger partial charge in [-0.25, -0.2) is 12.8 Å². The van der Waals surface area contributed by atoms with Gasteiger partial charge in [0, 0.05) is 16.5 Å². The molecule has 0 radical (unpaired) electrons. The fourth-order valence-corrected chi connectivity index (χ4v) is 7.10. The van der Waals surface area contributed by atoms with Gasteiger partial charge in [0.05, 0.1) is 17.1 Å². The largest absolute Gasteiger partial charge is 0.348 e. The summed E-state index contributed by atoms with van der Waals surface area (Å²) in [6, 6.07) is 4.79. The summed E-state index contributed by atoms with van der Waals surface area (Å²) in [7, 11) is -3.12. The van der Waals surface area contributed by atoms with Gasteiger partial charge in [-0.15, -0.1) is 11.3 Å². The van der Waals surface area contributed by atoms with Gasteiger partial charge in [0.25, 0.3) is 11.8 Å². The summed E-state index contributed by atoms with van der Waals surface area (Å²) in [6.45, 7) is 2.16. The number of thiophene rings is 1. The zero-order valence-electron chi connectivity index (χ0n) is 16.5. The van der Waals surface area contributed by atoms with Crippen molar-refractivity contribution in [2.24, 2.45) is 5.92 Å². The quantitative estimate of drug-likeness (QED) is 0.748. The van der Waals surface area contributed by atoms with E-state index in [1.54, 1.807) is 0 Å². The van der Waals surface area contributed by atoms with Crippen molar-refractivity contribution < 1.29 is 22.4 Å². The molecule has 2 aromatic rings. The highest BCUT2D eigenvalue weighted by Crippen LogP contribution is 2.40. The maximum atomic E-state index is 13.2. The fourth-order valence-electron chi connectivity index (χ4n) is 4.02. The van der Waals surface area contributed by atoms with E-state index in [4.69, 9.17) is 0 Å². The Morgan fingerprint density at radius 1 is 1.13 bits per heavy atom. The van der Waals surface area contributed by atoms with Gasteiger partial charge in [0.2, 0.25) is 0 Å². The highest BCUT2D eigenvalue weighted by atomic mass is 32.2. The molecule has 1 saturated heterocycles. The average Bonchev–Trinajstić information content (AvgIpc) is 3.20. The predicted octanol–water partition coefficient (Wildman–Crippen LogP) is 3.18. The Kier molecular flexibility index (Phi) is 5.67. The average molecular weight is 451 g/mol. The fraction of sp³-hybridized carbons (Fsp3) is 0.429. The van der Waals surface area contributed by atoms with Crippen molar-refractivity contribution in [1.29, 1.82) is 0 Å². The first-order chi connectivity index (χ1) is 14.2. The molecule has 1 aromatic carbocycles. The molecule has 0 spiro atoms. The van der Waals surface area contributed by atoms with E-state index in [0.717, 1.165) is 29.7 Å². The molecule has 2 amide bonds. The molecule has 0 saturated carbocycles. The first-order valence-corrected chi connectivity index (χ1v) is 12.6. The van der Waals surface area contributed by atoms with E-state index in [-0.39, 0.29) is 17.4 Å². The van der Waals surface area contributed by atoms with Crippen LogP contribution in [0.3, 0.4) is 0 Å². The number of benzene rings is 1. The molecule has 4 rings (SSSR count). The van der Waals surface area contributed by atoms with Crippen LogP contribution in [0.15, 0.2) is 24.3 Å². The third-order valence-corrected chi connectivity index (χ3v) is 8.58. The zero-order valence-corrected chi connectivity index (χ0v) is 18.2. The molecule has 2 atom stereocenters. The van der Waals surface area contributed by atoms with Crippen molar-refractivity contribution in [2.45, 2.75) is 38.6 Å². The van der Waals surface area contributed by atoms with Gasteiger partial charge in [0.15, 0.2) is 9.84 Å². The maximum absolute atomic E-state index is 13.2. The number of carbonyl (C=O) groups excluding carboxylic acids is 2. The summed E-state index contributed by atoms with van der Waals surface area (Å²) in [5.74, 6) is -0.686. The molecule has 6 nitrogen and oxygen atoms in total. The molecule has 2 N–H and O–H groups in total. The molecule has 1 aliphatic carbocycles. The van der Waals surface area contributed by atoms with E-state index in [2.05, 4.69) is 17.6 Å². The molecule has 2 aliphatic rings. The topological polar surface area (TPSA) is 92.3 Å². The minimum absolute atomic E-state index is 0.0562. The summed E-state index contributed by atoms with van der Waals surface area (Å²) < 4.78 is 36.6. The van der Waals surface area contributed by atoms with Gasteiger partial charge in [-0.05, 0) is 61.4 Å². The predicted molar refractivity (Wildman–Crippen MR) is 114 cm³/mol. The number of rotatable bonds is 4. The smallest absolute Gasteiger partial charge is 0.256 e. The standard InChI is InChI=1S/C21H23FN2O4S2/c1-12-2-7-16-17(10-12)29-21(24-19(25)13-3-5-14(22)6-4-13)18(16)20(26)23-15-8-9-30(27,28)11-15/h3-6,12,15H,2,7-11H2,1H3,(H,23,26)(H,24,25)/t12-,15+/m1/s1. The second kappa shape index (κ2) is 8.11. The van der Waals surface area contributed by atoms with Crippen molar-refractivity contribution in [3.8, 4) is 0 Å². The van der Waals surface area contributed by atoms with E-state index in [1.165, 1.54) is 35.6 Å². The van der Waals surface area contributed by atoms with Gasteiger partial charge < -0.3 is 10.6 Å². The summed E-state index contributed by atoms with van der Waals surface area (Å²) in [5, 5.41) is 6.13. The Balaban J connectivity index is 1.62. The normalized spacial score (nSPS) is 22.3. The molecular weight excluding hydrogens is 427 g/mol. The Morgan fingerprint density at radius 3 is 2.53 bits per heavy atom. The number of hydrogen-bond acceptors (Lipinski definition) is 5. The van der Waals surface area contributed by atoms with Crippen LogP contribution >= 0.6 is 11.3 Å². The van der Waals surface area contributed by atoms with Crippen LogP contribution in [-0.4, -0.2) is 37.8 Å². The second-order valence-corrected chi connectivity index (χ2v) is 11.4. The Labute approximate surface area is 178 Å². The SMILES string of the molecule is C[C@@H]1CCc2c(sc(NC(=O)c3ccc(F)cc3)c2C(=O)N[C@H]2CCS(=O)(=O)C2)C1. The van der Waals surface area contributed by atoms with E-state index >= 15 is 0 Å². The number of amides is 2. The lowest BCUT2D eigenvalue weighted by atomic mass is 9.88. The molecule has 160 valence electrons. The number of anilines is 1. The third kappa shape index (κ3) is 4.41. The molecule has 1 aliphatic heterocycles. The van der Waals surface area contributed by atoms with Crippen LogP contribution in [0, 0.1) is 11.7 Å². The van der Waals surface area contributed by atoms with Crippen LogP contribution in [0.2, 0.25) is 0 Å². The molecular formula is C21H23FN2O4S2. The lowest BCUT2D eigenvalue weighted by Crippen LogP contribution is -2.36. The molecule has 0 unspecified atom stereocenters. The first kappa shape index (κ1) is 21.0. The summed E-state index contributed by atoms with van der Waals surface area (Å²) in [6.07, 6.45) is 2.93. The number of halogens is 1. The number of sulfone groups is 1. The number of nitrogens with one attached hydrogen (secondary N) is 2. The summed E-state index contributed by atoms with van der Waals surface area (Å²) in [4.78, 5) is 26.9. The van der Waals surface area contributed by atoms with Crippen LogP contribution in [0.5, 0.6) is 0 Å². The zero-order chi connectivity index (χ0) is 21.5. The molecule has 9 heteroatoms. The molecule has 1 aromatic heterocycles. The van der Waals surface area contributed by atoms with E-state index in [9.17, 15) is 22.4 Å². The van der Waals surface area contributed by atoms with Crippen molar-refractivity contribution in [3.05, 3.63) is 51.7 Å². The first-order valence-electron chi connectivity index (χ1n) is 9.94. The van der Waals surface area contributed by atoms with E-state index in [1.807, 2.05) is 0 Å². The Morgan fingerprint density at radius 2 is 1.87 bits per heavy atom. The van der Waals surface area contributed by atoms with Gasteiger partial charge in [-0.1, -0.05) is 6.92 Å². The molecule has 30 heavy (non-hydrogen) atoms. The highest BCUT2D eigenvalue weighted by molar-refractivity contribution is 7.91. The Hall–Kier alpha value is -2.26. The van der Waals surface area contributed by atoms with Crippen LogP contribution in [0.1, 0.15) is 50.9 Å². The van der Waals surface area contributed by atoms with Crippen LogP contribution < -0.4 is 10.6 Å². The van der Waals surface area contributed by atoms with Crippen molar-refractivity contribution >= 4 is 38.0 Å². The van der Waals surface area contributed by atoms with E-state index in [0.29, 0.717) is 28.5 Å². The van der Waals surface area contributed by atoms with Crippen LogP contribution in [-0.2, 0) is 22.7 Å². The van der Waals surface area contributed by atoms with Gasteiger partial charge >= 0.3 is 0 Å². The molecule has 1 fully saturated rings. The van der Waals surface area contributed by atoms with Gasteiger partial charge in [0.1, 0.15) is 10.8 Å². The molecule has 0 bridgehead atoms. The monoisotopic (exact) mass is 450 g/mol. The van der Waals surface area contributed by atoms with Gasteiger partial charge in [-0.2, -0.15) is 0 Å². The van der Waals surface area contributed by atoms with Crippen LogP contribution in [0.25, 0.3) is 0 Å². The lowest BCUT2D eigenvalue weighted by Gasteiger charge is -2.19. The number of fused-ring (bicyclic) bond motifs is 1. The number of carbonyl (C=O) groups is 2. The minimum Gasteiger partial charge on any atom is -0.348 e.